The summed E-state index contributed by atoms with van der Waals surface area (Å²) in [6.45, 7) is 0. The summed E-state index contributed by atoms with van der Waals surface area (Å²) < 4.78 is 1.62. The number of benzene rings is 1. The predicted molar refractivity (Wildman–Crippen MR) is 88.0 cm³/mol. The van der Waals surface area contributed by atoms with Crippen molar-refractivity contribution in [3.63, 3.8) is 0 Å². The van der Waals surface area contributed by atoms with Gasteiger partial charge in [-0.3, -0.25) is 4.68 Å². The molecular weight excluding hydrogens is 306 g/mol. The Morgan fingerprint density at radius 3 is 2.75 bits per heavy atom. The van der Waals surface area contributed by atoms with E-state index in [1.807, 2.05) is 0 Å². The van der Waals surface area contributed by atoms with Gasteiger partial charge in [-0.15, -0.1) is 0 Å². The second-order valence-corrected chi connectivity index (χ2v) is 5.22. The van der Waals surface area contributed by atoms with Gasteiger partial charge in [-0.2, -0.15) is 10.4 Å². The molecule has 1 aromatic carbocycles. The normalized spacial score (nSPS) is 10.3. The van der Waals surface area contributed by atoms with Crippen LogP contribution in [0.25, 0.3) is 22.4 Å². The molecule has 0 radical (unpaired) electrons. The van der Waals surface area contributed by atoms with E-state index >= 15 is 0 Å². The van der Waals surface area contributed by atoms with Gasteiger partial charge in [0.05, 0.1) is 17.5 Å². The number of carboxylic acids is 1. The van der Waals surface area contributed by atoms with E-state index in [9.17, 15) is 10.1 Å². The van der Waals surface area contributed by atoms with Crippen molar-refractivity contribution in [1.82, 2.24) is 14.8 Å². The van der Waals surface area contributed by atoms with E-state index in [4.69, 9.17) is 10.8 Å². The predicted octanol–water partition coefficient (Wildman–Crippen LogP) is 2.30. The minimum atomic E-state index is -1.02. The highest BCUT2D eigenvalue weighted by molar-refractivity contribution is 5.89. The van der Waals surface area contributed by atoms with Crippen molar-refractivity contribution in [3.8, 4) is 28.5 Å². The molecule has 7 heteroatoms. The maximum absolute atomic E-state index is 11.1. The Bertz CT molecular complexity index is 985. The maximum Gasteiger partial charge on any atom is 0.335 e. The first-order chi connectivity index (χ1) is 11.5. The zero-order chi connectivity index (χ0) is 17.3. The summed E-state index contributed by atoms with van der Waals surface area (Å²) in [5, 5.41) is 22.6. The van der Waals surface area contributed by atoms with Crippen LogP contribution in [0.15, 0.2) is 42.7 Å². The number of aromatic carboxylic acids is 1. The lowest BCUT2D eigenvalue weighted by Crippen LogP contribution is -2.00. The van der Waals surface area contributed by atoms with E-state index in [1.165, 1.54) is 12.1 Å². The van der Waals surface area contributed by atoms with E-state index < -0.39 is 5.97 Å². The van der Waals surface area contributed by atoms with Crippen molar-refractivity contribution in [3.05, 3.63) is 53.9 Å². The topological polar surface area (TPSA) is 118 Å². The van der Waals surface area contributed by atoms with Crippen LogP contribution in [0.4, 0.5) is 5.82 Å². The smallest absolute Gasteiger partial charge is 0.335 e. The van der Waals surface area contributed by atoms with Crippen LogP contribution in [-0.4, -0.2) is 25.8 Å². The summed E-state index contributed by atoms with van der Waals surface area (Å²) in [4.78, 5) is 15.4. The van der Waals surface area contributed by atoms with Crippen molar-refractivity contribution < 1.29 is 9.90 Å². The Balaban J connectivity index is 2.21. The molecule has 0 aliphatic heterocycles. The molecule has 0 saturated carbocycles. The number of aromatic nitrogens is 3. The van der Waals surface area contributed by atoms with Crippen LogP contribution in [-0.2, 0) is 7.05 Å². The van der Waals surface area contributed by atoms with Crippen molar-refractivity contribution in [1.29, 1.82) is 5.26 Å². The number of nitrogens with two attached hydrogens (primary N) is 1. The Labute approximate surface area is 137 Å². The fourth-order valence-electron chi connectivity index (χ4n) is 2.43. The van der Waals surface area contributed by atoms with E-state index in [0.29, 0.717) is 16.8 Å². The maximum atomic E-state index is 11.1. The van der Waals surface area contributed by atoms with Crippen molar-refractivity contribution >= 4 is 11.8 Å². The highest BCUT2D eigenvalue weighted by Gasteiger charge is 2.15. The molecule has 3 rings (SSSR count). The van der Waals surface area contributed by atoms with Gasteiger partial charge < -0.3 is 10.8 Å². The lowest BCUT2D eigenvalue weighted by molar-refractivity contribution is 0.0697. The van der Waals surface area contributed by atoms with Gasteiger partial charge in [0.15, 0.2) is 0 Å². The zero-order valence-corrected chi connectivity index (χ0v) is 12.8. The largest absolute Gasteiger partial charge is 0.478 e. The number of pyridine rings is 1. The summed E-state index contributed by atoms with van der Waals surface area (Å²) in [5.41, 5.74) is 8.79. The summed E-state index contributed by atoms with van der Waals surface area (Å²) >= 11 is 0. The molecule has 24 heavy (non-hydrogen) atoms. The zero-order valence-electron chi connectivity index (χ0n) is 12.8. The van der Waals surface area contributed by atoms with Crippen molar-refractivity contribution in [2.75, 3.05) is 5.73 Å². The van der Waals surface area contributed by atoms with Gasteiger partial charge in [-0.05, 0) is 18.2 Å². The number of hydrogen-bond acceptors (Lipinski definition) is 5. The number of aryl methyl sites for hydroxylation is 1. The first-order valence-electron chi connectivity index (χ1n) is 7.03. The van der Waals surface area contributed by atoms with Gasteiger partial charge in [0.25, 0.3) is 0 Å². The second kappa shape index (κ2) is 5.85. The number of carbonyl (C=O) groups is 1. The number of rotatable bonds is 3. The van der Waals surface area contributed by atoms with Gasteiger partial charge in [0, 0.05) is 29.9 Å². The molecule has 0 fully saturated rings. The van der Waals surface area contributed by atoms with Gasteiger partial charge in [-0.25, -0.2) is 9.78 Å². The third-order valence-electron chi connectivity index (χ3n) is 3.58. The van der Waals surface area contributed by atoms with Gasteiger partial charge in [0.2, 0.25) is 0 Å². The first kappa shape index (κ1) is 15.2. The van der Waals surface area contributed by atoms with Crippen LogP contribution in [0.3, 0.4) is 0 Å². The molecule has 3 N–H and O–H groups in total. The Morgan fingerprint density at radius 2 is 2.12 bits per heavy atom. The van der Waals surface area contributed by atoms with Crippen LogP contribution in [0.5, 0.6) is 0 Å². The van der Waals surface area contributed by atoms with Crippen LogP contribution in [0.2, 0.25) is 0 Å². The first-order valence-corrected chi connectivity index (χ1v) is 7.03. The minimum absolute atomic E-state index is 0.0922. The molecule has 0 bridgehead atoms. The average molecular weight is 319 g/mol. The van der Waals surface area contributed by atoms with Gasteiger partial charge in [0.1, 0.15) is 17.5 Å². The Morgan fingerprint density at radius 1 is 1.33 bits per heavy atom. The van der Waals surface area contributed by atoms with Crippen molar-refractivity contribution in [2.24, 2.45) is 7.05 Å². The molecule has 3 aromatic rings. The molecule has 0 spiro atoms. The molecule has 0 unspecified atom stereocenters. The number of nitriles is 1. The fraction of sp³-hybridized carbons (Fsp3) is 0.0588. The average Bonchev–Trinajstić information content (AvgIpc) is 3.00. The lowest BCUT2D eigenvalue weighted by atomic mass is 10.00. The molecule has 0 aliphatic carbocycles. The molecule has 2 aromatic heterocycles. The molecule has 0 atom stereocenters. The Kier molecular flexibility index (Phi) is 3.72. The van der Waals surface area contributed by atoms with E-state index in [0.717, 1.165) is 5.56 Å². The number of hydrogen-bond donors (Lipinski definition) is 2. The summed E-state index contributed by atoms with van der Waals surface area (Å²) in [6.07, 6.45) is 3.40. The summed E-state index contributed by atoms with van der Waals surface area (Å²) in [7, 11) is 1.78. The van der Waals surface area contributed by atoms with E-state index in [-0.39, 0.29) is 16.9 Å². The third-order valence-corrected chi connectivity index (χ3v) is 3.58. The third kappa shape index (κ3) is 2.68. The minimum Gasteiger partial charge on any atom is -0.478 e. The quantitative estimate of drug-likeness (QED) is 0.764. The monoisotopic (exact) mass is 319 g/mol. The van der Waals surface area contributed by atoms with E-state index in [2.05, 4.69) is 16.2 Å². The summed E-state index contributed by atoms with van der Waals surface area (Å²) in [6, 6.07) is 10.2. The van der Waals surface area contributed by atoms with Crippen LogP contribution in [0.1, 0.15) is 15.9 Å². The standard InChI is InChI=1S/C17H13N5O2/c1-22-9-12(8-20-22)13-6-15(21-16(19)14(13)7-18)10-3-2-4-11(5-10)17(23)24/h2-6,8-9H,1H3,(H2,19,21)(H,23,24). The molecule has 2 heterocycles. The van der Waals surface area contributed by atoms with E-state index in [1.54, 1.807) is 42.3 Å². The molecule has 0 saturated heterocycles. The fourth-order valence-corrected chi connectivity index (χ4v) is 2.43. The molecule has 118 valence electrons. The lowest BCUT2D eigenvalue weighted by Gasteiger charge is -2.09. The molecule has 0 aliphatic rings. The summed E-state index contributed by atoms with van der Waals surface area (Å²) in [5.74, 6) is -0.930. The molecular formula is C17H13N5O2. The number of nitrogen functional groups attached to an aromatic ring is 1. The van der Waals surface area contributed by atoms with Crippen LogP contribution >= 0.6 is 0 Å². The number of anilines is 1. The van der Waals surface area contributed by atoms with Crippen LogP contribution in [0, 0.1) is 11.3 Å². The van der Waals surface area contributed by atoms with Gasteiger partial charge in [-0.1, -0.05) is 12.1 Å². The van der Waals surface area contributed by atoms with Crippen molar-refractivity contribution in [2.45, 2.75) is 0 Å². The van der Waals surface area contributed by atoms with Crippen LogP contribution < -0.4 is 5.73 Å². The number of carboxylic acid groups (broad SMARTS) is 1. The number of nitrogens with zero attached hydrogens (tertiary/aromatic N) is 4. The highest BCUT2D eigenvalue weighted by Crippen LogP contribution is 2.31. The Hall–Kier alpha value is -3.66. The van der Waals surface area contributed by atoms with Gasteiger partial charge >= 0.3 is 5.97 Å². The molecule has 0 amide bonds. The molecule has 7 nitrogen and oxygen atoms in total. The SMILES string of the molecule is Cn1cc(-c2cc(-c3cccc(C(=O)O)c3)nc(N)c2C#N)cn1. The highest BCUT2D eigenvalue weighted by atomic mass is 16.4. The second-order valence-electron chi connectivity index (χ2n) is 5.22.